The second-order valence-electron chi connectivity index (χ2n) is 9.25. The van der Waals surface area contributed by atoms with Crippen molar-refractivity contribution in [1.29, 1.82) is 0 Å². The van der Waals surface area contributed by atoms with E-state index in [-0.39, 0.29) is 23.6 Å². The van der Waals surface area contributed by atoms with E-state index in [2.05, 4.69) is 15.9 Å². The highest BCUT2D eigenvalue weighted by Gasteiger charge is 2.64. The molecule has 0 radical (unpaired) electrons. The van der Waals surface area contributed by atoms with Crippen LogP contribution in [0, 0.1) is 17.3 Å². The molecule has 3 aliphatic rings. The fraction of sp³-hybridized carbons (Fsp3) is 0.522. The number of imide groups is 1. The third-order valence-corrected chi connectivity index (χ3v) is 6.80. The zero-order valence-electron chi connectivity index (χ0n) is 17.3. The number of halogens is 1. The van der Waals surface area contributed by atoms with Gasteiger partial charge in [0.15, 0.2) is 5.78 Å². The van der Waals surface area contributed by atoms with Crippen molar-refractivity contribution in [2.45, 2.75) is 52.6 Å². The van der Waals surface area contributed by atoms with Gasteiger partial charge in [-0.25, -0.2) is 0 Å². The van der Waals surface area contributed by atoms with Crippen LogP contribution in [0.3, 0.4) is 0 Å². The quantitative estimate of drug-likeness (QED) is 0.638. The standard InChI is InChI=1S/C23H27BrN2O3/c1-5-6-11-25-21(28)17-16-9-7-13-12-14(24)8-10-15(13)26(16)19(18(17)22(25)29)20(27)23(2,3)4/h7-10,12,16-19H,5-6,11H2,1-4H3/t16-,17-,18+,19-/m1/s1. The second kappa shape index (κ2) is 7.08. The van der Waals surface area contributed by atoms with Crippen molar-refractivity contribution in [1.82, 2.24) is 4.90 Å². The molecule has 3 aliphatic heterocycles. The van der Waals surface area contributed by atoms with E-state index in [9.17, 15) is 14.4 Å². The molecule has 0 aromatic heterocycles. The predicted molar refractivity (Wildman–Crippen MR) is 116 cm³/mol. The molecule has 0 unspecified atom stereocenters. The summed E-state index contributed by atoms with van der Waals surface area (Å²) >= 11 is 3.50. The van der Waals surface area contributed by atoms with E-state index in [0.29, 0.717) is 6.54 Å². The van der Waals surface area contributed by atoms with Gasteiger partial charge in [-0.05, 0) is 30.2 Å². The molecule has 4 rings (SSSR count). The number of carbonyl (C=O) groups is 3. The number of benzene rings is 1. The van der Waals surface area contributed by atoms with E-state index in [0.717, 1.165) is 28.6 Å². The maximum absolute atomic E-state index is 13.6. The van der Waals surface area contributed by atoms with Gasteiger partial charge in [0.05, 0.1) is 17.9 Å². The van der Waals surface area contributed by atoms with Crippen LogP contribution in [0.4, 0.5) is 5.69 Å². The lowest BCUT2D eigenvalue weighted by Gasteiger charge is -2.38. The van der Waals surface area contributed by atoms with Gasteiger partial charge in [-0.1, -0.05) is 62.2 Å². The number of amides is 2. The van der Waals surface area contributed by atoms with Gasteiger partial charge in [-0.15, -0.1) is 0 Å². The lowest BCUT2D eigenvalue weighted by Crippen LogP contribution is -2.51. The van der Waals surface area contributed by atoms with Crippen LogP contribution in [-0.2, 0) is 14.4 Å². The van der Waals surface area contributed by atoms with E-state index in [1.807, 2.05) is 62.9 Å². The molecule has 0 saturated carbocycles. The first-order valence-corrected chi connectivity index (χ1v) is 11.1. The molecule has 3 heterocycles. The number of rotatable bonds is 4. The van der Waals surface area contributed by atoms with Crippen LogP contribution in [0.5, 0.6) is 0 Å². The minimum Gasteiger partial charge on any atom is -0.353 e. The molecule has 1 aromatic carbocycles. The Morgan fingerprint density at radius 1 is 1.14 bits per heavy atom. The summed E-state index contributed by atoms with van der Waals surface area (Å²) in [5, 5.41) is 0. The molecule has 0 spiro atoms. The Kier molecular flexibility index (Phi) is 4.96. The smallest absolute Gasteiger partial charge is 0.235 e. The molecule has 0 bridgehead atoms. The van der Waals surface area contributed by atoms with Crippen LogP contribution in [0.15, 0.2) is 28.7 Å². The molecule has 154 valence electrons. The molecule has 2 amide bonds. The van der Waals surface area contributed by atoms with Gasteiger partial charge in [-0.3, -0.25) is 19.3 Å². The SMILES string of the molecule is CCCCN1C(=O)[C@H]2[C@H](C1=O)[C@H](C(=O)C(C)(C)C)N1c3ccc(Br)cc3C=C[C@H]21. The summed E-state index contributed by atoms with van der Waals surface area (Å²) in [6, 6.07) is 5.03. The number of Topliss-reactive ketones (excluding diaryl/α,β-unsaturated/α-hetero) is 1. The number of nitrogens with zero attached hydrogens (tertiary/aromatic N) is 2. The fourth-order valence-corrected chi connectivity index (χ4v) is 5.26. The first-order chi connectivity index (χ1) is 13.7. The van der Waals surface area contributed by atoms with E-state index in [1.165, 1.54) is 4.90 Å². The normalized spacial score (nSPS) is 27.9. The molecule has 2 saturated heterocycles. The third-order valence-electron chi connectivity index (χ3n) is 6.30. The van der Waals surface area contributed by atoms with Crippen LogP contribution < -0.4 is 4.90 Å². The Labute approximate surface area is 180 Å². The Bertz CT molecular complexity index is 917. The lowest BCUT2D eigenvalue weighted by molar-refractivity contribution is -0.142. The maximum atomic E-state index is 13.6. The fourth-order valence-electron chi connectivity index (χ4n) is 4.89. The number of ketones is 1. The summed E-state index contributed by atoms with van der Waals surface area (Å²) in [6.07, 6.45) is 5.70. The number of carbonyl (C=O) groups excluding carboxylic acids is 3. The number of hydrogen-bond donors (Lipinski definition) is 0. The van der Waals surface area contributed by atoms with Gasteiger partial charge in [0.1, 0.15) is 6.04 Å². The van der Waals surface area contributed by atoms with Crippen LogP contribution in [0.25, 0.3) is 6.08 Å². The molecule has 5 nitrogen and oxygen atoms in total. The second-order valence-corrected chi connectivity index (χ2v) is 10.2. The van der Waals surface area contributed by atoms with Crippen molar-refractivity contribution in [2.75, 3.05) is 11.4 Å². The summed E-state index contributed by atoms with van der Waals surface area (Å²) in [5.41, 5.74) is 1.30. The molecule has 2 fully saturated rings. The number of unbranched alkanes of at least 4 members (excludes halogenated alkanes) is 1. The van der Waals surface area contributed by atoms with E-state index < -0.39 is 23.3 Å². The van der Waals surface area contributed by atoms with Crippen molar-refractivity contribution >= 4 is 45.3 Å². The molecular formula is C23H27BrN2O3. The molecule has 0 aliphatic carbocycles. The van der Waals surface area contributed by atoms with Crippen LogP contribution >= 0.6 is 15.9 Å². The molecular weight excluding hydrogens is 432 g/mol. The highest BCUT2D eigenvalue weighted by Crippen LogP contribution is 2.50. The van der Waals surface area contributed by atoms with Crippen molar-refractivity contribution in [3.8, 4) is 0 Å². The summed E-state index contributed by atoms with van der Waals surface area (Å²) < 4.78 is 0.954. The lowest BCUT2D eigenvalue weighted by atomic mass is 9.79. The number of hydrogen-bond acceptors (Lipinski definition) is 4. The number of likely N-dealkylation sites (tertiary alicyclic amines) is 1. The van der Waals surface area contributed by atoms with Gasteiger partial charge >= 0.3 is 0 Å². The van der Waals surface area contributed by atoms with Crippen LogP contribution in [-0.4, -0.2) is 41.1 Å². The van der Waals surface area contributed by atoms with Crippen molar-refractivity contribution in [2.24, 2.45) is 17.3 Å². The highest BCUT2D eigenvalue weighted by atomic mass is 79.9. The van der Waals surface area contributed by atoms with E-state index in [1.54, 1.807) is 0 Å². The molecule has 29 heavy (non-hydrogen) atoms. The first kappa shape index (κ1) is 20.3. The zero-order chi connectivity index (χ0) is 21.1. The average molecular weight is 459 g/mol. The summed E-state index contributed by atoms with van der Waals surface area (Å²) in [6.45, 7) is 8.14. The summed E-state index contributed by atoms with van der Waals surface area (Å²) in [5.74, 6) is -1.41. The Hall–Kier alpha value is -1.95. The maximum Gasteiger partial charge on any atom is 0.235 e. The minimum absolute atomic E-state index is 0.0117. The van der Waals surface area contributed by atoms with E-state index in [4.69, 9.17) is 0 Å². The topological polar surface area (TPSA) is 57.7 Å². The molecule has 1 aromatic rings. The Morgan fingerprint density at radius 2 is 1.83 bits per heavy atom. The van der Waals surface area contributed by atoms with Crippen molar-refractivity contribution in [3.05, 3.63) is 34.3 Å². The van der Waals surface area contributed by atoms with Crippen molar-refractivity contribution < 1.29 is 14.4 Å². The monoisotopic (exact) mass is 458 g/mol. The van der Waals surface area contributed by atoms with E-state index >= 15 is 0 Å². The van der Waals surface area contributed by atoms with Gasteiger partial charge in [0.2, 0.25) is 11.8 Å². The number of fused-ring (bicyclic) bond motifs is 5. The Balaban J connectivity index is 1.83. The summed E-state index contributed by atoms with van der Waals surface area (Å²) in [7, 11) is 0. The predicted octanol–water partition coefficient (Wildman–Crippen LogP) is 4.05. The molecule has 6 heteroatoms. The van der Waals surface area contributed by atoms with Gasteiger partial charge < -0.3 is 4.90 Å². The minimum atomic E-state index is -0.627. The number of anilines is 1. The molecule has 0 N–H and O–H groups in total. The van der Waals surface area contributed by atoms with Crippen LogP contribution in [0.1, 0.15) is 46.1 Å². The van der Waals surface area contributed by atoms with Gasteiger partial charge in [0.25, 0.3) is 0 Å². The van der Waals surface area contributed by atoms with Crippen LogP contribution in [0.2, 0.25) is 0 Å². The van der Waals surface area contributed by atoms with Gasteiger partial charge in [-0.2, -0.15) is 0 Å². The Morgan fingerprint density at radius 3 is 2.48 bits per heavy atom. The first-order valence-electron chi connectivity index (χ1n) is 10.3. The summed E-state index contributed by atoms with van der Waals surface area (Å²) in [4.78, 5) is 43.6. The third kappa shape index (κ3) is 3.07. The van der Waals surface area contributed by atoms with Crippen molar-refractivity contribution in [3.63, 3.8) is 0 Å². The highest BCUT2D eigenvalue weighted by molar-refractivity contribution is 9.10. The zero-order valence-corrected chi connectivity index (χ0v) is 18.9. The largest absolute Gasteiger partial charge is 0.353 e. The van der Waals surface area contributed by atoms with Gasteiger partial charge in [0, 0.05) is 22.1 Å². The average Bonchev–Trinajstić information content (AvgIpc) is 3.12. The molecule has 4 atom stereocenters.